The molecule has 29 heavy (non-hydrogen) atoms. The fraction of sp³-hybridized carbons (Fsp3) is 0.261. The molecule has 1 fully saturated rings. The zero-order valence-electron chi connectivity index (χ0n) is 16.8. The quantitative estimate of drug-likeness (QED) is 0.645. The summed E-state index contributed by atoms with van der Waals surface area (Å²) in [5, 5.41) is 0. The Hall–Kier alpha value is -3.41. The highest BCUT2D eigenvalue weighted by atomic mass is 16.2. The van der Waals surface area contributed by atoms with Crippen LogP contribution in [0.3, 0.4) is 0 Å². The minimum absolute atomic E-state index is 0.0446. The van der Waals surface area contributed by atoms with E-state index in [1.54, 1.807) is 18.5 Å². The summed E-state index contributed by atoms with van der Waals surface area (Å²) in [6.45, 7) is 7.00. The van der Waals surface area contributed by atoms with Crippen LogP contribution in [0.4, 0.5) is 5.95 Å². The highest BCUT2D eigenvalue weighted by Crippen LogP contribution is 2.22. The first-order valence-electron chi connectivity index (χ1n) is 9.87. The van der Waals surface area contributed by atoms with Crippen molar-refractivity contribution in [2.45, 2.75) is 13.8 Å². The van der Waals surface area contributed by atoms with Crippen molar-refractivity contribution in [1.29, 1.82) is 0 Å². The van der Waals surface area contributed by atoms with E-state index < -0.39 is 0 Å². The second-order valence-electron chi connectivity index (χ2n) is 7.19. The third-order valence-corrected chi connectivity index (χ3v) is 5.32. The average molecular weight is 387 g/mol. The highest BCUT2D eigenvalue weighted by molar-refractivity contribution is 5.92. The van der Waals surface area contributed by atoms with Gasteiger partial charge in [-0.15, -0.1) is 0 Å². The maximum absolute atomic E-state index is 12.7. The lowest BCUT2D eigenvalue weighted by atomic mass is 10.2. The number of hydrogen-bond donors (Lipinski definition) is 0. The van der Waals surface area contributed by atoms with Gasteiger partial charge in [-0.25, -0.2) is 9.97 Å². The van der Waals surface area contributed by atoms with Crippen LogP contribution in [0.15, 0.2) is 60.9 Å². The number of carbonyl (C=O) groups is 1. The van der Waals surface area contributed by atoms with Crippen LogP contribution >= 0.6 is 0 Å². The Bertz CT molecular complexity index is 1000. The Labute approximate surface area is 171 Å². The Morgan fingerprint density at radius 3 is 2.34 bits per heavy atom. The molecule has 3 aromatic rings. The number of para-hydroxylation sites is 1. The molecule has 1 aliphatic heterocycles. The van der Waals surface area contributed by atoms with Crippen LogP contribution in [-0.2, 0) is 4.79 Å². The van der Waals surface area contributed by atoms with Gasteiger partial charge in [0.05, 0.1) is 0 Å². The molecular weight excluding hydrogens is 362 g/mol. The highest BCUT2D eigenvalue weighted by Gasteiger charge is 2.21. The molecule has 1 aromatic carbocycles. The van der Waals surface area contributed by atoms with Gasteiger partial charge in [0.15, 0.2) is 0 Å². The summed E-state index contributed by atoms with van der Waals surface area (Å²) in [4.78, 5) is 25.2. The van der Waals surface area contributed by atoms with Crippen LogP contribution < -0.4 is 4.90 Å². The minimum Gasteiger partial charge on any atom is -0.337 e. The molecule has 6 nitrogen and oxygen atoms in total. The van der Waals surface area contributed by atoms with Crippen LogP contribution in [0.2, 0.25) is 0 Å². The van der Waals surface area contributed by atoms with Crippen LogP contribution in [0.5, 0.6) is 0 Å². The Balaban J connectivity index is 1.42. The number of benzene rings is 1. The number of nitrogens with zero attached hydrogens (tertiary/aromatic N) is 5. The van der Waals surface area contributed by atoms with Crippen LogP contribution in [0, 0.1) is 13.8 Å². The van der Waals surface area contributed by atoms with Crippen molar-refractivity contribution in [2.75, 3.05) is 31.1 Å². The van der Waals surface area contributed by atoms with Gasteiger partial charge < -0.3 is 14.4 Å². The van der Waals surface area contributed by atoms with Gasteiger partial charge in [0.2, 0.25) is 11.9 Å². The van der Waals surface area contributed by atoms with Crippen molar-refractivity contribution in [3.8, 4) is 5.69 Å². The Morgan fingerprint density at radius 1 is 0.966 bits per heavy atom. The van der Waals surface area contributed by atoms with E-state index in [2.05, 4.69) is 51.5 Å². The first kappa shape index (κ1) is 18.9. The summed E-state index contributed by atoms with van der Waals surface area (Å²) >= 11 is 0. The SMILES string of the molecule is Cc1cc(C=CC(=O)N2CCN(c3ncccn3)CC2)c(C)n1-c1ccccc1. The second-order valence-corrected chi connectivity index (χ2v) is 7.19. The third kappa shape index (κ3) is 4.06. The molecule has 1 saturated heterocycles. The lowest BCUT2D eigenvalue weighted by Gasteiger charge is -2.34. The molecule has 0 atom stereocenters. The van der Waals surface area contributed by atoms with Crippen LogP contribution in [0.25, 0.3) is 11.8 Å². The van der Waals surface area contributed by atoms with E-state index in [1.807, 2.05) is 35.2 Å². The van der Waals surface area contributed by atoms with Crippen molar-refractivity contribution < 1.29 is 4.79 Å². The molecule has 1 amide bonds. The molecule has 0 aliphatic carbocycles. The number of aryl methyl sites for hydroxylation is 1. The van der Waals surface area contributed by atoms with Gasteiger partial charge in [0.1, 0.15) is 0 Å². The Kier molecular flexibility index (Phi) is 5.42. The van der Waals surface area contributed by atoms with Gasteiger partial charge in [-0.05, 0) is 49.8 Å². The summed E-state index contributed by atoms with van der Waals surface area (Å²) < 4.78 is 2.21. The van der Waals surface area contributed by atoms with E-state index in [0.717, 1.165) is 41.7 Å². The molecule has 0 N–H and O–H groups in total. The monoisotopic (exact) mass is 387 g/mol. The molecule has 1 aliphatic rings. The topological polar surface area (TPSA) is 54.3 Å². The normalized spacial score (nSPS) is 14.6. The zero-order chi connectivity index (χ0) is 20.2. The molecule has 148 valence electrons. The summed E-state index contributed by atoms with van der Waals surface area (Å²) in [6, 6.07) is 14.2. The predicted molar refractivity (Wildman–Crippen MR) is 115 cm³/mol. The van der Waals surface area contributed by atoms with E-state index in [9.17, 15) is 4.79 Å². The largest absolute Gasteiger partial charge is 0.337 e. The van der Waals surface area contributed by atoms with Crippen molar-refractivity contribution in [3.05, 3.63) is 77.9 Å². The van der Waals surface area contributed by atoms with E-state index in [-0.39, 0.29) is 5.91 Å². The van der Waals surface area contributed by atoms with Crippen LogP contribution in [-0.4, -0.2) is 51.5 Å². The summed E-state index contributed by atoms with van der Waals surface area (Å²) in [5.41, 5.74) is 4.48. The van der Waals surface area contributed by atoms with Gasteiger partial charge in [-0.2, -0.15) is 0 Å². The van der Waals surface area contributed by atoms with E-state index >= 15 is 0 Å². The van der Waals surface area contributed by atoms with Crippen molar-refractivity contribution in [1.82, 2.24) is 19.4 Å². The molecule has 6 heteroatoms. The minimum atomic E-state index is 0.0446. The van der Waals surface area contributed by atoms with Crippen molar-refractivity contribution in [3.63, 3.8) is 0 Å². The Morgan fingerprint density at radius 2 is 1.66 bits per heavy atom. The molecule has 0 radical (unpaired) electrons. The van der Waals surface area contributed by atoms with Gasteiger partial charge in [-0.3, -0.25) is 4.79 Å². The maximum atomic E-state index is 12.7. The number of anilines is 1. The number of piperazine rings is 1. The molecule has 3 heterocycles. The fourth-order valence-corrected chi connectivity index (χ4v) is 3.78. The third-order valence-electron chi connectivity index (χ3n) is 5.32. The van der Waals surface area contributed by atoms with E-state index in [1.165, 1.54) is 0 Å². The molecular formula is C23H25N5O. The molecule has 4 rings (SSSR count). The second kappa shape index (κ2) is 8.31. The summed E-state index contributed by atoms with van der Waals surface area (Å²) in [7, 11) is 0. The zero-order valence-corrected chi connectivity index (χ0v) is 16.8. The van der Waals surface area contributed by atoms with Gasteiger partial charge in [-0.1, -0.05) is 18.2 Å². The molecule has 0 unspecified atom stereocenters. The van der Waals surface area contributed by atoms with E-state index in [0.29, 0.717) is 13.1 Å². The van der Waals surface area contributed by atoms with Crippen molar-refractivity contribution in [2.24, 2.45) is 0 Å². The number of hydrogen-bond acceptors (Lipinski definition) is 4. The maximum Gasteiger partial charge on any atom is 0.246 e. The first-order chi connectivity index (χ1) is 14.1. The van der Waals surface area contributed by atoms with Crippen LogP contribution in [0.1, 0.15) is 17.0 Å². The number of amides is 1. The van der Waals surface area contributed by atoms with Crippen molar-refractivity contribution >= 4 is 17.9 Å². The molecule has 0 bridgehead atoms. The lowest BCUT2D eigenvalue weighted by molar-refractivity contribution is -0.126. The fourth-order valence-electron chi connectivity index (χ4n) is 3.78. The lowest BCUT2D eigenvalue weighted by Crippen LogP contribution is -2.48. The first-order valence-corrected chi connectivity index (χ1v) is 9.87. The van der Waals surface area contributed by atoms with Gasteiger partial charge >= 0.3 is 0 Å². The molecule has 2 aromatic heterocycles. The predicted octanol–water partition coefficient (Wildman–Crippen LogP) is 3.25. The van der Waals surface area contributed by atoms with E-state index in [4.69, 9.17) is 0 Å². The molecule has 0 spiro atoms. The summed E-state index contributed by atoms with van der Waals surface area (Å²) in [6.07, 6.45) is 7.10. The van der Waals surface area contributed by atoms with Gasteiger partial charge in [0, 0.05) is 61.7 Å². The number of rotatable bonds is 4. The summed E-state index contributed by atoms with van der Waals surface area (Å²) in [5.74, 6) is 0.770. The van der Waals surface area contributed by atoms with Gasteiger partial charge in [0.25, 0.3) is 0 Å². The number of aromatic nitrogens is 3. The average Bonchev–Trinajstić information content (AvgIpc) is 3.06. The smallest absolute Gasteiger partial charge is 0.246 e. The standard InChI is InChI=1S/C23H25N5O/c1-18-17-20(19(2)28(18)21-7-4-3-5-8-21)9-10-22(29)26-13-15-27(16-14-26)23-24-11-6-12-25-23/h3-12,17H,13-16H2,1-2H3. The molecule has 0 saturated carbocycles. The number of carbonyl (C=O) groups excluding carboxylic acids is 1.